The van der Waals surface area contributed by atoms with Crippen molar-refractivity contribution < 1.29 is 14.3 Å². The van der Waals surface area contributed by atoms with Gasteiger partial charge in [0.05, 0.1) is 17.5 Å². The second-order valence-electron chi connectivity index (χ2n) is 7.00. The first-order valence-electron chi connectivity index (χ1n) is 9.48. The zero-order valence-electron chi connectivity index (χ0n) is 16.4. The summed E-state index contributed by atoms with van der Waals surface area (Å²) < 4.78 is 5.91. The van der Waals surface area contributed by atoms with E-state index in [1.54, 1.807) is 34.3 Å². The molecule has 156 valence electrons. The van der Waals surface area contributed by atoms with Crippen LogP contribution in [0.3, 0.4) is 0 Å². The zero-order valence-corrected chi connectivity index (χ0v) is 17.9. The number of H-pyrrole nitrogens is 1. The molecule has 4 heterocycles. The van der Waals surface area contributed by atoms with E-state index in [1.807, 2.05) is 18.2 Å². The summed E-state index contributed by atoms with van der Waals surface area (Å²) in [6, 6.07) is 6.87. The number of nitrogens with one attached hydrogen (secondary N) is 1. The lowest BCUT2D eigenvalue weighted by Crippen LogP contribution is -2.59. The summed E-state index contributed by atoms with van der Waals surface area (Å²) in [4.78, 5) is 37.5. The van der Waals surface area contributed by atoms with Gasteiger partial charge in [-0.05, 0) is 30.3 Å². The van der Waals surface area contributed by atoms with Gasteiger partial charge in [-0.2, -0.15) is 0 Å². The van der Waals surface area contributed by atoms with E-state index < -0.39 is 6.04 Å². The molecule has 1 atom stereocenters. The van der Waals surface area contributed by atoms with Gasteiger partial charge in [0, 0.05) is 60.1 Å². The van der Waals surface area contributed by atoms with Gasteiger partial charge in [-0.25, -0.2) is 0 Å². The van der Waals surface area contributed by atoms with Crippen LogP contribution in [0.15, 0.2) is 42.7 Å². The van der Waals surface area contributed by atoms with Crippen LogP contribution < -0.4 is 0 Å². The number of carbonyl (C=O) groups excluding carboxylic acids is 2. The Labute approximate surface area is 182 Å². The van der Waals surface area contributed by atoms with Crippen molar-refractivity contribution in [2.24, 2.45) is 0 Å². The van der Waals surface area contributed by atoms with Crippen molar-refractivity contribution in [3.63, 3.8) is 0 Å². The first-order valence-corrected chi connectivity index (χ1v) is 10.7. The molecule has 1 aliphatic heterocycles. The molecule has 7 nitrogen and oxygen atoms in total. The fourth-order valence-corrected chi connectivity index (χ4v) is 4.53. The Morgan fingerprint density at radius 3 is 3.00 bits per heavy atom. The lowest BCUT2D eigenvalue weighted by Gasteiger charge is -2.39. The SMILES string of the molecule is COC[C@H]1C(=O)N(Cc2cc3cnccc3[nH]2)CCN1C(=O)C=Cc1ccc(Cl)s1. The summed E-state index contributed by atoms with van der Waals surface area (Å²) in [6.07, 6.45) is 6.72. The third-order valence-corrected chi connectivity index (χ3v) is 6.21. The van der Waals surface area contributed by atoms with Crippen LogP contribution in [0.5, 0.6) is 0 Å². The number of methoxy groups -OCH3 is 1. The highest BCUT2D eigenvalue weighted by Crippen LogP contribution is 2.23. The summed E-state index contributed by atoms with van der Waals surface area (Å²) in [5.41, 5.74) is 1.91. The van der Waals surface area contributed by atoms with E-state index in [0.717, 1.165) is 21.5 Å². The minimum atomic E-state index is -0.654. The number of carbonyl (C=O) groups is 2. The summed E-state index contributed by atoms with van der Waals surface area (Å²) in [7, 11) is 1.53. The van der Waals surface area contributed by atoms with Gasteiger partial charge in [0.1, 0.15) is 6.04 Å². The summed E-state index contributed by atoms with van der Waals surface area (Å²) in [5, 5.41) is 1.00. The number of piperazine rings is 1. The van der Waals surface area contributed by atoms with Crippen LogP contribution in [-0.4, -0.2) is 64.4 Å². The summed E-state index contributed by atoms with van der Waals surface area (Å²) in [6.45, 7) is 1.49. The van der Waals surface area contributed by atoms with Crippen LogP contribution in [0.4, 0.5) is 0 Å². The molecule has 0 spiro atoms. The molecule has 30 heavy (non-hydrogen) atoms. The molecule has 0 radical (unpaired) electrons. The molecule has 0 bridgehead atoms. The number of halogens is 1. The number of aromatic amines is 1. The van der Waals surface area contributed by atoms with Crippen molar-refractivity contribution in [1.29, 1.82) is 0 Å². The Hall–Kier alpha value is -2.68. The van der Waals surface area contributed by atoms with Crippen molar-refractivity contribution >= 4 is 51.7 Å². The molecule has 0 saturated carbocycles. The first-order chi connectivity index (χ1) is 14.5. The number of rotatable bonds is 6. The molecule has 1 N–H and O–H groups in total. The number of aromatic nitrogens is 2. The van der Waals surface area contributed by atoms with Crippen molar-refractivity contribution in [2.45, 2.75) is 12.6 Å². The van der Waals surface area contributed by atoms with E-state index in [1.165, 1.54) is 24.5 Å². The minimum Gasteiger partial charge on any atom is -0.382 e. The van der Waals surface area contributed by atoms with Gasteiger partial charge in [0.25, 0.3) is 0 Å². The van der Waals surface area contributed by atoms with Gasteiger partial charge in [0.15, 0.2) is 0 Å². The molecule has 1 fully saturated rings. The second-order valence-corrected chi connectivity index (χ2v) is 8.74. The predicted octanol–water partition coefficient (Wildman–Crippen LogP) is 3.18. The third-order valence-electron chi connectivity index (χ3n) is 5.01. The fraction of sp³-hybridized carbons (Fsp3) is 0.286. The Balaban J connectivity index is 1.47. The van der Waals surface area contributed by atoms with Gasteiger partial charge in [-0.15, -0.1) is 11.3 Å². The molecule has 3 aromatic rings. The molecule has 0 unspecified atom stereocenters. The average Bonchev–Trinajstić information content (AvgIpc) is 3.34. The molecular weight excluding hydrogens is 424 g/mol. The van der Waals surface area contributed by atoms with Crippen molar-refractivity contribution in [3.05, 3.63) is 57.6 Å². The molecule has 2 amide bonds. The lowest BCUT2D eigenvalue weighted by molar-refractivity contribution is -0.152. The van der Waals surface area contributed by atoms with Gasteiger partial charge >= 0.3 is 0 Å². The topological polar surface area (TPSA) is 78.5 Å². The Bertz CT molecular complexity index is 1060. The van der Waals surface area contributed by atoms with Crippen LogP contribution >= 0.6 is 22.9 Å². The van der Waals surface area contributed by atoms with Gasteiger partial charge in [-0.1, -0.05) is 11.6 Å². The predicted molar refractivity (Wildman–Crippen MR) is 117 cm³/mol. The highest BCUT2D eigenvalue weighted by Gasteiger charge is 2.36. The van der Waals surface area contributed by atoms with E-state index in [9.17, 15) is 9.59 Å². The van der Waals surface area contributed by atoms with Gasteiger partial charge in [-0.3, -0.25) is 14.6 Å². The Kier molecular flexibility index (Phi) is 6.17. The van der Waals surface area contributed by atoms with E-state index >= 15 is 0 Å². The van der Waals surface area contributed by atoms with Crippen molar-refractivity contribution in [2.75, 3.05) is 26.8 Å². The molecule has 4 rings (SSSR count). The van der Waals surface area contributed by atoms with Crippen LogP contribution in [0.2, 0.25) is 4.34 Å². The average molecular weight is 445 g/mol. The number of hydrogen-bond donors (Lipinski definition) is 1. The standard InChI is InChI=1S/C21H21ClN4O3S/c1-29-13-18-21(28)25(12-15-10-14-11-23-7-6-17(14)24-15)8-9-26(18)20(27)5-3-16-2-4-19(22)30-16/h2-7,10-11,18,24H,8-9,12-13H2,1H3/t18-/m0/s1. The number of hydrogen-bond acceptors (Lipinski definition) is 5. The number of fused-ring (bicyclic) bond motifs is 1. The number of thiophene rings is 1. The smallest absolute Gasteiger partial charge is 0.248 e. The van der Waals surface area contributed by atoms with E-state index in [4.69, 9.17) is 16.3 Å². The maximum absolute atomic E-state index is 13.1. The monoisotopic (exact) mass is 444 g/mol. The molecule has 0 aromatic carbocycles. The van der Waals surface area contributed by atoms with E-state index in [0.29, 0.717) is 24.0 Å². The largest absolute Gasteiger partial charge is 0.382 e. The number of pyridine rings is 1. The van der Waals surface area contributed by atoms with Crippen LogP contribution in [0.1, 0.15) is 10.6 Å². The Morgan fingerprint density at radius 2 is 2.27 bits per heavy atom. The third kappa shape index (κ3) is 4.40. The fourth-order valence-electron chi connectivity index (χ4n) is 3.57. The second kappa shape index (κ2) is 8.99. The van der Waals surface area contributed by atoms with Crippen LogP contribution in [0, 0.1) is 0 Å². The molecule has 1 aliphatic rings. The maximum Gasteiger partial charge on any atom is 0.248 e. The maximum atomic E-state index is 13.1. The quantitative estimate of drug-likeness (QED) is 0.592. The molecule has 1 saturated heterocycles. The molecular formula is C21H21ClN4O3S. The van der Waals surface area contributed by atoms with Crippen molar-refractivity contribution in [1.82, 2.24) is 19.8 Å². The lowest BCUT2D eigenvalue weighted by atomic mass is 10.1. The Morgan fingerprint density at radius 1 is 1.40 bits per heavy atom. The molecule has 3 aromatic heterocycles. The van der Waals surface area contributed by atoms with Crippen LogP contribution in [-0.2, 0) is 20.9 Å². The normalized spacial score (nSPS) is 17.4. The summed E-state index contributed by atoms with van der Waals surface area (Å²) >= 11 is 7.32. The highest BCUT2D eigenvalue weighted by atomic mass is 35.5. The number of nitrogens with zero attached hydrogens (tertiary/aromatic N) is 3. The first kappa shape index (κ1) is 20.6. The minimum absolute atomic E-state index is 0.124. The van der Waals surface area contributed by atoms with E-state index in [-0.39, 0.29) is 18.4 Å². The van der Waals surface area contributed by atoms with E-state index in [2.05, 4.69) is 9.97 Å². The van der Waals surface area contributed by atoms with Crippen molar-refractivity contribution in [3.8, 4) is 0 Å². The number of amides is 2. The molecule has 0 aliphatic carbocycles. The number of ether oxygens (including phenoxy) is 1. The van der Waals surface area contributed by atoms with Gasteiger partial charge < -0.3 is 19.5 Å². The zero-order chi connectivity index (χ0) is 21.1. The highest BCUT2D eigenvalue weighted by molar-refractivity contribution is 7.17. The van der Waals surface area contributed by atoms with Gasteiger partial charge in [0.2, 0.25) is 11.8 Å². The summed E-state index contributed by atoms with van der Waals surface area (Å²) in [5.74, 6) is -0.341. The van der Waals surface area contributed by atoms with Crippen LogP contribution in [0.25, 0.3) is 17.0 Å². The molecule has 9 heteroatoms.